The summed E-state index contributed by atoms with van der Waals surface area (Å²) in [7, 11) is 0. The van der Waals surface area contributed by atoms with E-state index >= 15 is 0 Å². The Morgan fingerprint density at radius 3 is 2.43 bits per heavy atom. The fourth-order valence-electron chi connectivity index (χ4n) is 7.32. The van der Waals surface area contributed by atoms with Crippen LogP contribution in [-0.4, -0.2) is 108 Å². The molecule has 2 atom stereocenters. The van der Waals surface area contributed by atoms with Crippen LogP contribution in [0.15, 0.2) is 48.7 Å². The maximum absolute atomic E-state index is 13.8. The van der Waals surface area contributed by atoms with Gasteiger partial charge in [-0.05, 0) is 62.7 Å². The van der Waals surface area contributed by atoms with Crippen LogP contribution < -0.4 is 30.5 Å². The van der Waals surface area contributed by atoms with Gasteiger partial charge in [0.2, 0.25) is 24.1 Å². The van der Waals surface area contributed by atoms with Gasteiger partial charge in [0.25, 0.3) is 5.91 Å². The molecule has 0 saturated carbocycles. The highest BCUT2D eigenvalue weighted by molar-refractivity contribution is 7.81. The van der Waals surface area contributed by atoms with Crippen LogP contribution in [0.1, 0.15) is 43.5 Å². The van der Waals surface area contributed by atoms with Gasteiger partial charge in [0, 0.05) is 73.2 Å². The number of nitriles is 1. The number of hydrogen-bond acceptors (Lipinski definition) is 12. The van der Waals surface area contributed by atoms with E-state index in [-0.39, 0.29) is 48.4 Å². The van der Waals surface area contributed by atoms with Crippen LogP contribution >= 0.6 is 24.2 Å². The smallest absolute Gasteiger partial charge is 0.419 e. The van der Waals surface area contributed by atoms with E-state index in [2.05, 4.69) is 38.5 Å². The highest BCUT2D eigenvalue weighted by Crippen LogP contribution is 2.43. The Labute approximate surface area is 352 Å². The van der Waals surface area contributed by atoms with Crippen LogP contribution in [0.2, 0.25) is 5.02 Å². The van der Waals surface area contributed by atoms with Crippen molar-refractivity contribution < 1.29 is 45.9 Å². The minimum atomic E-state index is -4.92. The normalized spacial score (nSPS) is 20.0. The number of benzene rings is 2. The predicted octanol–water partition coefficient (Wildman–Crippen LogP) is 5.13. The van der Waals surface area contributed by atoms with E-state index in [0.29, 0.717) is 67.3 Å². The van der Waals surface area contributed by atoms with E-state index in [1.807, 2.05) is 4.90 Å². The third-order valence-corrected chi connectivity index (χ3v) is 11.0. The Morgan fingerprint density at radius 2 is 1.77 bits per heavy atom. The standard InChI is InChI=1S/C39H41ClF5N9O5S/c1-38(2)36(58)53(27-18-28(39(43,44)45)30(19-46)47-20-27)37(60)54(38)26-3-5-31(22(13-26)14-32(41)42)59-12-11-51-7-9-52(10-8-51)21-34(56)49-25-16-23(40)15-24(17-25)48-29-4-6-33(55)50-35(29)57/h3,5,13,15-18,20,29,32,37,48,60H,4,6-12,14,21H2,1-2H3,(H,49,56)(H,50,55,57). The lowest BCUT2D eigenvalue weighted by Gasteiger charge is -2.34. The maximum atomic E-state index is 13.8. The number of ether oxygens (including phenoxy) is 1. The summed E-state index contributed by atoms with van der Waals surface area (Å²) in [5.41, 5.74) is -3.56. The molecule has 0 aliphatic carbocycles. The molecule has 1 aromatic heterocycles. The van der Waals surface area contributed by atoms with Gasteiger partial charge in [-0.1, -0.05) is 11.6 Å². The molecule has 60 heavy (non-hydrogen) atoms. The third-order valence-electron chi connectivity index (χ3n) is 10.3. The monoisotopic (exact) mass is 877 g/mol. The van der Waals surface area contributed by atoms with Crippen LogP contribution in [-0.2, 0) is 31.8 Å². The third kappa shape index (κ3) is 10.2. The summed E-state index contributed by atoms with van der Waals surface area (Å²) in [5.74, 6) is -1.46. The molecule has 3 aliphatic heterocycles. The Hall–Kier alpha value is -5.23. The number of piperazine rings is 1. The lowest BCUT2D eigenvalue weighted by Crippen LogP contribution is -2.49. The van der Waals surface area contributed by atoms with Crippen LogP contribution in [0.4, 0.5) is 44.7 Å². The molecule has 3 aliphatic rings. The minimum absolute atomic E-state index is 0.110. The summed E-state index contributed by atoms with van der Waals surface area (Å²) in [4.78, 5) is 60.5. The molecule has 320 valence electrons. The molecule has 3 fully saturated rings. The Balaban J connectivity index is 1.03. The molecule has 3 aromatic rings. The van der Waals surface area contributed by atoms with Crippen LogP contribution in [0, 0.1) is 11.3 Å². The zero-order valence-corrected chi connectivity index (χ0v) is 34.0. The van der Waals surface area contributed by atoms with Gasteiger partial charge in [-0.25, -0.2) is 13.8 Å². The lowest BCUT2D eigenvalue weighted by atomic mass is 10.0. The van der Waals surface area contributed by atoms with Gasteiger partial charge in [-0.2, -0.15) is 18.4 Å². The van der Waals surface area contributed by atoms with E-state index in [1.54, 1.807) is 24.3 Å². The highest BCUT2D eigenvalue weighted by atomic mass is 35.5. The average Bonchev–Trinajstić information content (AvgIpc) is 3.34. The first-order valence-electron chi connectivity index (χ1n) is 18.8. The molecule has 0 spiro atoms. The molecule has 0 radical (unpaired) electrons. The molecule has 4 heterocycles. The number of thiol groups is 1. The van der Waals surface area contributed by atoms with Crippen molar-refractivity contribution in [2.24, 2.45) is 0 Å². The Kier molecular flexibility index (Phi) is 13.4. The summed E-state index contributed by atoms with van der Waals surface area (Å²) in [6.45, 7) is 6.14. The van der Waals surface area contributed by atoms with E-state index in [1.165, 1.54) is 36.9 Å². The second-order valence-electron chi connectivity index (χ2n) is 14.9. The molecule has 2 unspecified atom stereocenters. The number of aromatic nitrogens is 1. The quantitative estimate of drug-likeness (QED) is 0.102. The number of halogens is 6. The maximum Gasteiger partial charge on any atom is 0.419 e. The number of hydrogen-bond donors (Lipinski definition) is 4. The first kappa shape index (κ1) is 44.3. The first-order chi connectivity index (χ1) is 28.3. The molecule has 21 heteroatoms. The van der Waals surface area contributed by atoms with Crippen LogP contribution in [0.3, 0.4) is 0 Å². The largest absolute Gasteiger partial charge is 0.492 e. The van der Waals surface area contributed by atoms with Gasteiger partial charge in [0.15, 0.2) is 11.2 Å². The zero-order valence-electron chi connectivity index (χ0n) is 32.4. The van der Waals surface area contributed by atoms with Crippen molar-refractivity contribution in [2.45, 2.75) is 62.8 Å². The lowest BCUT2D eigenvalue weighted by molar-refractivity contribution is -0.138. The summed E-state index contributed by atoms with van der Waals surface area (Å²) in [6, 6.07) is 10.8. The van der Waals surface area contributed by atoms with Crippen molar-refractivity contribution in [3.63, 3.8) is 0 Å². The van der Waals surface area contributed by atoms with E-state index in [0.717, 1.165) is 11.1 Å². The number of carbonyl (C=O) groups excluding carboxylic acids is 4. The molecule has 6 rings (SSSR count). The molecule has 2 aromatic carbocycles. The first-order valence-corrected chi connectivity index (χ1v) is 19.7. The van der Waals surface area contributed by atoms with E-state index in [4.69, 9.17) is 21.6 Å². The summed E-state index contributed by atoms with van der Waals surface area (Å²) in [6.07, 6.45) is -6.82. The molecule has 3 saturated heterocycles. The van der Waals surface area contributed by atoms with Crippen molar-refractivity contribution in [3.8, 4) is 11.8 Å². The van der Waals surface area contributed by atoms with Gasteiger partial charge in [0.05, 0.1) is 24.0 Å². The number of alkyl halides is 5. The highest BCUT2D eigenvalue weighted by Gasteiger charge is 2.52. The van der Waals surface area contributed by atoms with Crippen LogP contribution in [0.5, 0.6) is 5.75 Å². The summed E-state index contributed by atoms with van der Waals surface area (Å²) >= 11 is 10.8. The second-order valence-corrected chi connectivity index (χ2v) is 15.8. The molecular weight excluding hydrogens is 837 g/mol. The number of nitrogens with one attached hydrogen (secondary N) is 3. The number of pyridine rings is 1. The van der Waals surface area contributed by atoms with Gasteiger partial charge in [0.1, 0.15) is 30.0 Å². The summed E-state index contributed by atoms with van der Waals surface area (Å²) < 4.78 is 74.9. The Morgan fingerprint density at radius 1 is 1.07 bits per heavy atom. The zero-order chi connectivity index (χ0) is 43.5. The molecule has 3 N–H and O–H groups in total. The number of imide groups is 1. The van der Waals surface area contributed by atoms with Gasteiger partial charge >= 0.3 is 6.18 Å². The number of rotatable bonds is 13. The fourth-order valence-corrected chi connectivity index (χ4v) is 8.22. The van der Waals surface area contributed by atoms with Gasteiger partial charge in [-0.15, -0.1) is 12.6 Å². The Bertz CT molecular complexity index is 2180. The SMILES string of the molecule is CC1(C)C(=O)N(c2cnc(C#N)c(C(F)(F)F)c2)C(S)N1c1ccc(OCCN2CCN(CC(=O)Nc3cc(Cl)cc(NC4CCC(=O)NC4=O)c3)CC2)c(CC(F)F)c1. The van der Waals surface area contributed by atoms with Crippen molar-refractivity contribution in [1.82, 2.24) is 20.1 Å². The average molecular weight is 878 g/mol. The van der Waals surface area contributed by atoms with Crippen LogP contribution in [0.25, 0.3) is 0 Å². The minimum Gasteiger partial charge on any atom is -0.492 e. The van der Waals surface area contributed by atoms with Crippen molar-refractivity contribution >= 4 is 70.6 Å². The number of amides is 4. The van der Waals surface area contributed by atoms with Crippen molar-refractivity contribution in [1.29, 1.82) is 5.26 Å². The molecule has 0 bridgehead atoms. The van der Waals surface area contributed by atoms with E-state index < -0.39 is 59.2 Å². The van der Waals surface area contributed by atoms with Crippen molar-refractivity contribution in [3.05, 3.63) is 70.5 Å². The number of nitrogens with zero attached hydrogens (tertiary/aromatic N) is 6. The second kappa shape index (κ2) is 18.2. The van der Waals surface area contributed by atoms with E-state index in [9.17, 15) is 41.1 Å². The number of carbonyl (C=O) groups is 4. The fraction of sp³-hybridized carbons (Fsp3) is 0.436. The molecular formula is C39H41ClF5N9O5S. The molecule has 4 amide bonds. The number of anilines is 4. The number of piperidine rings is 1. The van der Waals surface area contributed by atoms with Crippen molar-refractivity contribution in [2.75, 3.05) is 66.3 Å². The predicted molar refractivity (Wildman–Crippen MR) is 215 cm³/mol. The molecule has 14 nitrogen and oxygen atoms in total. The van der Waals surface area contributed by atoms with Gasteiger partial charge in [-0.3, -0.25) is 39.2 Å². The van der Waals surface area contributed by atoms with Gasteiger partial charge < -0.3 is 20.3 Å². The topological polar surface area (TPSA) is 163 Å². The summed E-state index contributed by atoms with van der Waals surface area (Å²) in [5, 5.41) is 17.7.